The molecule has 0 spiro atoms. The van der Waals surface area contributed by atoms with E-state index in [-0.39, 0.29) is 6.54 Å². The number of hydrogen-bond donors (Lipinski definition) is 3. The molecule has 1 aromatic carbocycles. The molecule has 8 nitrogen and oxygen atoms in total. The van der Waals surface area contributed by atoms with E-state index in [1.54, 1.807) is 18.2 Å². The van der Waals surface area contributed by atoms with Crippen LogP contribution >= 0.6 is 0 Å². The summed E-state index contributed by atoms with van der Waals surface area (Å²) in [6.45, 7) is 2.75. The van der Waals surface area contributed by atoms with Gasteiger partial charge in [-0.3, -0.25) is 4.79 Å². The van der Waals surface area contributed by atoms with Gasteiger partial charge in [0.2, 0.25) is 5.91 Å². The highest BCUT2D eigenvalue weighted by atomic mass is 32.2. The molecule has 22 heavy (non-hydrogen) atoms. The maximum absolute atomic E-state index is 11.8. The fraction of sp³-hybridized carbons (Fsp3) is 0.462. The van der Waals surface area contributed by atoms with Crippen LogP contribution in [0.2, 0.25) is 0 Å². The first-order valence-corrected chi connectivity index (χ1v) is 8.42. The Morgan fingerprint density at radius 3 is 2.64 bits per heavy atom. The summed E-state index contributed by atoms with van der Waals surface area (Å²) in [7, 11) is -3.65. The van der Waals surface area contributed by atoms with Gasteiger partial charge in [-0.25, -0.2) is 4.72 Å². The molecule has 1 aliphatic heterocycles. The summed E-state index contributed by atoms with van der Waals surface area (Å²) in [5, 5.41) is 2.59. The van der Waals surface area contributed by atoms with Gasteiger partial charge in [0.25, 0.3) is 10.2 Å². The van der Waals surface area contributed by atoms with Crippen LogP contribution in [0.1, 0.15) is 13.3 Å². The van der Waals surface area contributed by atoms with Crippen LogP contribution in [0.5, 0.6) is 11.5 Å². The Morgan fingerprint density at radius 1 is 1.18 bits per heavy atom. The van der Waals surface area contributed by atoms with Crippen molar-refractivity contribution in [3.63, 3.8) is 0 Å². The Balaban J connectivity index is 1.87. The van der Waals surface area contributed by atoms with Gasteiger partial charge in [-0.2, -0.15) is 13.1 Å². The molecule has 0 bridgehead atoms. The lowest BCUT2D eigenvalue weighted by atomic mass is 10.2. The summed E-state index contributed by atoms with van der Waals surface area (Å²) < 4.78 is 38.3. The van der Waals surface area contributed by atoms with Gasteiger partial charge in [-0.1, -0.05) is 6.92 Å². The number of nitrogens with one attached hydrogen (secondary N) is 3. The van der Waals surface area contributed by atoms with Crippen molar-refractivity contribution in [3.8, 4) is 11.5 Å². The number of fused-ring (bicyclic) bond motifs is 1. The van der Waals surface area contributed by atoms with Crippen LogP contribution in [-0.4, -0.2) is 40.6 Å². The fourth-order valence-electron chi connectivity index (χ4n) is 1.77. The molecule has 0 radical (unpaired) electrons. The Morgan fingerprint density at radius 2 is 1.91 bits per heavy atom. The van der Waals surface area contributed by atoms with Crippen LogP contribution in [0.4, 0.5) is 5.69 Å². The second kappa shape index (κ2) is 7.43. The van der Waals surface area contributed by atoms with E-state index in [9.17, 15) is 13.2 Å². The van der Waals surface area contributed by atoms with Crippen molar-refractivity contribution in [2.45, 2.75) is 13.3 Å². The Kier molecular flexibility index (Phi) is 5.58. The number of anilines is 1. The summed E-state index contributed by atoms with van der Waals surface area (Å²) in [6, 6.07) is 4.99. The third-order valence-corrected chi connectivity index (χ3v) is 3.90. The van der Waals surface area contributed by atoms with Crippen LogP contribution in [-0.2, 0) is 15.0 Å². The van der Waals surface area contributed by atoms with Gasteiger partial charge < -0.3 is 14.8 Å². The summed E-state index contributed by atoms with van der Waals surface area (Å²) in [5.41, 5.74) is 0.509. The van der Waals surface area contributed by atoms with E-state index < -0.39 is 16.1 Å². The SMILES string of the molecule is CCCNS(=O)(=O)NCC(=O)Nc1ccc2c(c1)OCCO2. The molecule has 1 heterocycles. The smallest absolute Gasteiger partial charge is 0.277 e. The molecule has 0 aromatic heterocycles. The lowest BCUT2D eigenvalue weighted by molar-refractivity contribution is -0.115. The third kappa shape index (κ3) is 4.86. The normalized spacial score (nSPS) is 13.7. The van der Waals surface area contributed by atoms with Gasteiger partial charge in [0.15, 0.2) is 11.5 Å². The molecule has 3 N–H and O–H groups in total. The second-order valence-electron chi connectivity index (χ2n) is 4.63. The lowest BCUT2D eigenvalue weighted by Gasteiger charge is -2.19. The molecule has 1 aliphatic rings. The second-order valence-corrected chi connectivity index (χ2v) is 6.21. The van der Waals surface area contributed by atoms with Crippen LogP contribution in [0.15, 0.2) is 18.2 Å². The molecule has 0 atom stereocenters. The largest absolute Gasteiger partial charge is 0.486 e. The number of benzene rings is 1. The number of amides is 1. The van der Waals surface area contributed by atoms with E-state index in [1.165, 1.54) is 0 Å². The first-order valence-electron chi connectivity index (χ1n) is 6.94. The number of carbonyl (C=O) groups is 1. The summed E-state index contributed by atoms with van der Waals surface area (Å²) in [6.07, 6.45) is 0.671. The molecule has 0 saturated carbocycles. The van der Waals surface area contributed by atoms with E-state index in [4.69, 9.17) is 9.47 Å². The number of rotatable bonds is 7. The van der Waals surface area contributed by atoms with Crippen molar-refractivity contribution in [1.82, 2.24) is 9.44 Å². The molecule has 1 aromatic rings. The maximum Gasteiger partial charge on any atom is 0.277 e. The van der Waals surface area contributed by atoms with Gasteiger partial charge in [-0.05, 0) is 18.6 Å². The number of hydrogen-bond acceptors (Lipinski definition) is 5. The predicted molar refractivity (Wildman–Crippen MR) is 81.3 cm³/mol. The zero-order valence-corrected chi connectivity index (χ0v) is 13.0. The van der Waals surface area contributed by atoms with Crippen molar-refractivity contribution in [2.75, 3.05) is 31.6 Å². The van der Waals surface area contributed by atoms with Crippen LogP contribution in [0, 0.1) is 0 Å². The van der Waals surface area contributed by atoms with Gasteiger partial charge in [0.1, 0.15) is 13.2 Å². The van der Waals surface area contributed by atoms with E-state index in [1.807, 2.05) is 6.92 Å². The van der Waals surface area contributed by atoms with Crippen molar-refractivity contribution in [1.29, 1.82) is 0 Å². The van der Waals surface area contributed by atoms with E-state index in [0.717, 1.165) is 0 Å². The van der Waals surface area contributed by atoms with Gasteiger partial charge >= 0.3 is 0 Å². The summed E-state index contributed by atoms with van der Waals surface area (Å²) in [5.74, 6) is 0.696. The molecule has 2 rings (SSSR count). The maximum atomic E-state index is 11.8. The Labute approximate surface area is 129 Å². The highest BCUT2D eigenvalue weighted by Crippen LogP contribution is 2.32. The van der Waals surface area contributed by atoms with Gasteiger partial charge in [0, 0.05) is 18.3 Å². The zero-order chi connectivity index (χ0) is 16.0. The minimum absolute atomic E-state index is 0.319. The Bertz CT molecular complexity index is 633. The Hall–Kier alpha value is -1.84. The topological polar surface area (TPSA) is 106 Å². The third-order valence-electron chi connectivity index (χ3n) is 2.79. The standard InChI is InChI=1S/C13H19N3O5S/c1-2-5-14-22(18,19)15-9-13(17)16-10-3-4-11-12(8-10)21-7-6-20-11/h3-4,8,14-15H,2,5-7,9H2,1H3,(H,16,17). The summed E-state index contributed by atoms with van der Waals surface area (Å²) >= 11 is 0. The van der Waals surface area contributed by atoms with Crippen LogP contribution in [0.25, 0.3) is 0 Å². The molecule has 0 fully saturated rings. The van der Waals surface area contributed by atoms with Crippen molar-refractivity contribution < 1.29 is 22.7 Å². The molecule has 0 aliphatic carbocycles. The quantitative estimate of drug-likeness (QED) is 0.664. The minimum Gasteiger partial charge on any atom is -0.486 e. The molecule has 0 saturated heterocycles. The van der Waals surface area contributed by atoms with Gasteiger partial charge in [0.05, 0.1) is 6.54 Å². The monoisotopic (exact) mass is 329 g/mol. The van der Waals surface area contributed by atoms with E-state index >= 15 is 0 Å². The van der Waals surface area contributed by atoms with Crippen LogP contribution in [0.3, 0.4) is 0 Å². The first kappa shape index (κ1) is 16.5. The molecular weight excluding hydrogens is 310 g/mol. The van der Waals surface area contributed by atoms with E-state index in [2.05, 4.69) is 14.8 Å². The van der Waals surface area contributed by atoms with E-state index in [0.29, 0.717) is 43.4 Å². The van der Waals surface area contributed by atoms with Crippen LogP contribution < -0.4 is 24.2 Å². The average molecular weight is 329 g/mol. The minimum atomic E-state index is -3.65. The zero-order valence-electron chi connectivity index (χ0n) is 12.2. The number of ether oxygens (including phenoxy) is 2. The van der Waals surface area contributed by atoms with Gasteiger partial charge in [-0.15, -0.1) is 0 Å². The fourth-order valence-corrected chi connectivity index (χ4v) is 2.67. The molecule has 1 amide bonds. The molecule has 122 valence electrons. The summed E-state index contributed by atoms with van der Waals surface area (Å²) in [4.78, 5) is 11.8. The average Bonchev–Trinajstić information content (AvgIpc) is 2.51. The lowest BCUT2D eigenvalue weighted by Crippen LogP contribution is -2.40. The van der Waals surface area contributed by atoms with Crippen molar-refractivity contribution in [3.05, 3.63) is 18.2 Å². The molecule has 0 unspecified atom stereocenters. The predicted octanol–water partition coefficient (Wildman–Crippen LogP) is 0.230. The van der Waals surface area contributed by atoms with Crippen molar-refractivity contribution in [2.24, 2.45) is 0 Å². The molecule has 9 heteroatoms. The highest BCUT2D eigenvalue weighted by Gasteiger charge is 2.14. The number of carbonyl (C=O) groups excluding carboxylic acids is 1. The first-order chi connectivity index (χ1) is 10.5. The van der Waals surface area contributed by atoms with Crippen molar-refractivity contribution >= 4 is 21.8 Å². The molecular formula is C13H19N3O5S. The highest BCUT2D eigenvalue weighted by molar-refractivity contribution is 7.87.